The number of thioether (sulfide) groups is 2. The number of benzene rings is 2. The topological polar surface area (TPSA) is 34.9 Å². The number of rotatable bonds is 4. The number of fused-ring (bicyclic) bond motifs is 1. The maximum absolute atomic E-state index is 13.3. The summed E-state index contributed by atoms with van der Waals surface area (Å²) in [5, 5.41) is 0.433. The summed E-state index contributed by atoms with van der Waals surface area (Å²) in [6, 6.07) is 10.5. The van der Waals surface area contributed by atoms with E-state index in [1.54, 1.807) is 0 Å². The monoisotopic (exact) mass is 438 g/mol. The van der Waals surface area contributed by atoms with E-state index >= 15 is 0 Å². The van der Waals surface area contributed by atoms with Gasteiger partial charge in [-0.05, 0) is 42.0 Å². The van der Waals surface area contributed by atoms with Gasteiger partial charge in [-0.2, -0.15) is 13.2 Å². The molecule has 0 saturated heterocycles. The van der Waals surface area contributed by atoms with E-state index in [-0.39, 0.29) is 5.56 Å². The first-order chi connectivity index (χ1) is 13.8. The summed E-state index contributed by atoms with van der Waals surface area (Å²) in [5.41, 5.74) is 0.987. The number of hydrogen-bond acceptors (Lipinski definition) is 4. The second-order valence-corrected chi connectivity index (χ2v) is 8.42. The highest BCUT2D eigenvalue weighted by Crippen LogP contribution is 2.32. The summed E-state index contributed by atoms with van der Waals surface area (Å²) in [7, 11) is 0. The van der Waals surface area contributed by atoms with E-state index < -0.39 is 17.6 Å². The minimum atomic E-state index is -4.38. The Labute approximate surface area is 172 Å². The van der Waals surface area contributed by atoms with E-state index in [9.17, 15) is 22.4 Å². The van der Waals surface area contributed by atoms with Crippen LogP contribution in [0.5, 0.6) is 0 Å². The predicted molar refractivity (Wildman–Crippen MR) is 105 cm³/mol. The quantitative estimate of drug-likeness (QED) is 0.313. The third-order valence-electron chi connectivity index (χ3n) is 4.40. The van der Waals surface area contributed by atoms with Crippen LogP contribution in [0.4, 0.5) is 17.6 Å². The molecule has 2 heterocycles. The van der Waals surface area contributed by atoms with Gasteiger partial charge in [0.1, 0.15) is 5.82 Å². The SMILES string of the molecule is O=c1c2c(nc(SCc3ccc(C(F)(F)F)cc3)n1-c1ccc(F)cc1)CCS2. The van der Waals surface area contributed by atoms with Crippen molar-refractivity contribution >= 4 is 23.5 Å². The molecule has 0 N–H and O–H groups in total. The fourth-order valence-electron chi connectivity index (χ4n) is 2.94. The van der Waals surface area contributed by atoms with Gasteiger partial charge in [-0.1, -0.05) is 23.9 Å². The van der Waals surface area contributed by atoms with Gasteiger partial charge in [0, 0.05) is 17.9 Å². The first-order valence-corrected chi connectivity index (χ1v) is 10.6. The summed E-state index contributed by atoms with van der Waals surface area (Å²) in [6.45, 7) is 0. The van der Waals surface area contributed by atoms with Gasteiger partial charge in [-0.15, -0.1) is 11.8 Å². The first kappa shape index (κ1) is 20.0. The van der Waals surface area contributed by atoms with Gasteiger partial charge in [0.05, 0.1) is 21.8 Å². The Bertz CT molecular complexity index is 1090. The normalized spacial score (nSPS) is 13.5. The van der Waals surface area contributed by atoms with Crippen LogP contribution in [0.15, 0.2) is 63.4 Å². The second kappa shape index (κ2) is 7.87. The van der Waals surface area contributed by atoms with Crippen molar-refractivity contribution in [3.8, 4) is 5.69 Å². The van der Waals surface area contributed by atoms with Gasteiger partial charge in [-0.25, -0.2) is 9.37 Å². The van der Waals surface area contributed by atoms with Crippen molar-refractivity contribution in [2.24, 2.45) is 0 Å². The molecule has 0 saturated carbocycles. The molecule has 0 aliphatic carbocycles. The smallest absolute Gasteiger partial charge is 0.268 e. The van der Waals surface area contributed by atoms with Crippen molar-refractivity contribution in [3.63, 3.8) is 0 Å². The van der Waals surface area contributed by atoms with Crippen LogP contribution in [-0.4, -0.2) is 15.3 Å². The van der Waals surface area contributed by atoms with Gasteiger partial charge in [-0.3, -0.25) is 9.36 Å². The summed E-state index contributed by atoms with van der Waals surface area (Å²) >= 11 is 2.71. The maximum atomic E-state index is 13.3. The number of hydrogen-bond donors (Lipinski definition) is 0. The molecule has 0 fully saturated rings. The molecule has 4 rings (SSSR count). The first-order valence-electron chi connectivity index (χ1n) is 8.66. The number of nitrogens with zero attached hydrogens (tertiary/aromatic N) is 2. The summed E-state index contributed by atoms with van der Waals surface area (Å²) in [6.07, 6.45) is -3.69. The van der Waals surface area contributed by atoms with Crippen molar-refractivity contribution in [2.45, 2.75) is 28.4 Å². The Balaban J connectivity index is 1.67. The molecule has 1 aromatic heterocycles. The molecule has 0 spiro atoms. The van der Waals surface area contributed by atoms with Crippen LogP contribution in [0.1, 0.15) is 16.8 Å². The molecule has 1 aliphatic rings. The van der Waals surface area contributed by atoms with Crippen molar-refractivity contribution in [3.05, 3.63) is 81.5 Å². The number of alkyl halides is 3. The lowest BCUT2D eigenvalue weighted by Gasteiger charge is -2.14. The third kappa shape index (κ3) is 4.20. The predicted octanol–water partition coefficient (Wildman–Crippen LogP) is 5.33. The van der Waals surface area contributed by atoms with E-state index in [0.29, 0.717) is 33.5 Å². The standard InChI is InChI=1S/C20H14F4N2OS2/c21-14-5-7-15(8-6-14)26-18(27)17-16(9-10-28-17)25-19(26)29-11-12-1-3-13(4-2-12)20(22,23)24/h1-8H,9-11H2. The minimum Gasteiger partial charge on any atom is -0.268 e. The zero-order valence-corrected chi connectivity index (χ0v) is 16.5. The molecule has 0 radical (unpaired) electrons. The highest BCUT2D eigenvalue weighted by atomic mass is 32.2. The molecule has 3 aromatic rings. The van der Waals surface area contributed by atoms with E-state index in [1.165, 1.54) is 64.5 Å². The molecule has 29 heavy (non-hydrogen) atoms. The Morgan fingerprint density at radius 3 is 2.41 bits per heavy atom. The molecule has 150 valence electrons. The number of aromatic nitrogens is 2. The summed E-state index contributed by atoms with van der Waals surface area (Å²) in [5.74, 6) is 0.704. The van der Waals surface area contributed by atoms with Gasteiger partial charge in [0.25, 0.3) is 5.56 Å². The second-order valence-electron chi connectivity index (χ2n) is 6.37. The third-order valence-corrected chi connectivity index (χ3v) is 6.52. The summed E-state index contributed by atoms with van der Waals surface area (Å²) < 4.78 is 52.9. The van der Waals surface area contributed by atoms with Crippen molar-refractivity contribution in [1.82, 2.24) is 9.55 Å². The molecule has 0 atom stereocenters. The van der Waals surface area contributed by atoms with Crippen LogP contribution >= 0.6 is 23.5 Å². The van der Waals surface area contributed by atoms with Gasteiger partial charge in [0.2, 0.25) is 0 Å². The van der Waals surface area contributed by atoms with Crippen LogP contribution in [-0.2, 0) is 18.3 Å². The molecule has 0 unspecified atom stereocenters. The Kier molecular flexibility index (Phi) is 5.44. The largest absolute Gasteiger partial charge is 0.416 e. The van der Waals surface area contributed by atoms with Crippen molar-refractivity contribution in [2.75, 3.05) is 5.75 Å². The molecular weight excluding hydrogens is 424 g/mol. The highest BCUT2D eigenvalue weighted by molar-refractivity contribution is 7.99. The molecule has 2 aromatic carbocycles. The van der Waals surface area contributed by atoms with Crippen LogP contribution in [0.3, 0.4) is 0 Å². The van der Waals surface area contributed by atoms with Gasteiger partial charge < -0.3 is 0 Å². The van der Waals surface area contributed by atoms with Crippen molar-refractivity contribution in [1.29, 1.82) is 0 Å². The fraction of sp³-hybridized carbons (Fsp3) is 0.200. The molecular formula is C20H14F4N2OS2. The van der Waals surface area contributed by atoms with Crippen LogP contribution < -0.4 is 5.56 Å². The Hall–Kier alpha value is -2.26. The van der Waals surface area contributed by atoms with E-state index in [1.807, 2.05) is 0 Å². The van der Waals surface area contributed by atoms with Crippen LogP contribution in [0.25, 0.3) is 5.69 Å². The van der Waals surface area contributed by atoms with E-state index in [4.69, 9.17) is 0 Å². The molecule has 1 aliphatic heterocycles. The van der Waals surface area contributed by atoms with Gasteiger partial charge in [0.15, 0.2) is 5.16 Å². The molecule has 3 nitrogen and oxygen atoms in total. The lowest BCUT2D eigenvalue weighted by atomic mass is 10.1. The highest BCUT2D eigenvalue weighted by Gasteiger charge is 2.30. The van der Waals surface area contributed by atoms with E-state index in [2.05, 4.69) is 4.98 Å². The van der Waals surface area contributed by atoms with Crippen LogP contribution in [0, 0.1) is 5.82 Å². The van der Waals surface area contributed by atoms with Gasteiger partial charge >= 0.3 is 6.18 Å². The lowest BCUT2D eigenvalue weighted by molar-refractivity contribution is -0.137. The summed E-state index contributed by atoms with van der Waals surface area (Å²) in [4.78, 5) is 18.2. The lowest BCUT2D eigenvalue weighted by Crippen LogP contribution is -2.23. The Morgan fingerprint density at radius 2 is 1.76 bits per heavy atom. The fourth-order valence-corrected chi connectivity index (χ4v) is 4.95. The zero-order chi connectivity index (χ0) is 20.6. The number of halogens is 4. The van der Waals surface area contributed by atoms with Crippen LogP contribution in [0.2, 0.25) is 0 Å². The molecule has 0 amide bonds. The minimum absolute atomic E-state index is 0.209. The maximum Gasteiger partial charge on any atom is 0.416 e. The van der Waals surface area contributed by atoms with E-state index in [0.717, 1.165) is 23.6 Å². The molecule has 0 bridgehead atoms. The van der Waals surface area contributed by atoms with Crippen molar-refractivity contribution < 1.29 is 17.6 Å². The zero-order valence-electron chi connectivity index (χ0n) is 14.9. The molecule has 9 heteroatoms. The Morgan fingerprint density at radius 1 is 1.07 bits per heavy atom. The average molecular weight is 438 g/mol. The average Bonchev–Trinajstić information content (AvgIpc) is 3.16. The number of aryl methyl sites for hydroxylation is 1.